The summed E-state index contributed by atoms with van der Waals surface area (Å²) < 4.78 is 4.68. The fraction of sp³-hybridized carbons (Fsp3) is 0.286. The van der Waals surface area contributed by atoms with E-state index in [2.05, 4.69) is 14.7 Å². The molecule has 0 saturated heterocycles. The smallest absolute Gasteiger partial charge is 0.373 e. The summed E-state index contributed by atoms with van der Waals surface area (Å²) in [6, 6.07) is -0.141. The van der Waals surface area contributed by atoms with Gasteiger partial charge in [-0.05, 0) is 0 Å². The lowest BCUT2D eigenvalue weighted by atomic mass is 10.5. The highest BCUT2D eigenvalue weighted by Gasteiger charge is 2.11. The predicted molar refractivity (Wildman–Crippen MR) is 47.4 cm³/mol. The number of amides is 1. The summed E-state index contributed by atoms with van der Waals surface area (Å²) in [6.45, 7) is 0. The van der Waals surface area contributed by atoms with Crippen LogP contribution in [-0.2, 0) is 4.79 Å². The van der Waals surface area contributed by atoms with Crippen LogP contribution in [0.4, 0.5) is 6.01 Å². The number of carbonyl (C=O) groups excluding carboxylic acids is 1. The molecule has 1 aromatic heterocycles. The number of oxazole rings is 1. The molecule has 1 rings (SSSR count). The number of aromatic nitrogens is 1. The van der Waals surface area contributed by atoms with Crippen LogP contribution in [0.15, 0.2) is 10.6 Å². The Morgan fingerprint density at radius 3 is 2.86 bits per heavy atom. The molecule has 0 fully saturated rings. The highest BCUT2D eigenvalue weighted by atomic mass is 35.5. The molecule has 1 heterocycles. The molecule has 6 nitrogen and oxygen atoms in total. The van der Waals surface area contributed by atoms with Gasteiger partial charge >= 0.3 is 12.0 Å². The number of rotatable bonds is 4. The molecule has 0 aliphatic carbocycles. The standard InChI is InChI=1S/C7H7ClN2O4/c8-2-1-5(11)10-7-9-3-4(14-7)6(12)13/h3H,1-2H2,(H,12,13)(H,9,10,11). The van der Waals surface area contributed by atoms with E-state index in [4.69, 9.17) is 16.7 Å². The average Bonchev–Trinajstić information content (AvgIpc) is 2.53. The van der Waals surface area contributed by atoms with Crippen LogP contribution in [0.25, 0.3) is 0 Å². The van der Waals surface area contributed by atoms with Crippen molar-refractivity contribution in [3.63, 3.8) is 0 Å². The van der Waals surface area contributed by atoms with E-state index in [1.165, 1.54) is 0 Å². The maximum absolute atomic E-state index is 10.9. The Bertz CT molecular complexity index is 349. The Morgan fingerprint density at radius 1 is 1.64 bits per heavy atom. The zero-order chi connectivity index (χ0) is 10.6. The number of hydrogen-bond donors (Lipinski definition) is 2. The largest absolute Gasteiger partial charge is 0.475 e. The predicted octanol–water partition coefficient (Wildman–Crippen LogP) is 0.940. The van der Waals surface area contributed by atoms with Crippen molar-refractivity contribution >= 4 is 29.5 Å². The van der Waals surface area contributed by atoms with Crippen LogP contribution < -0.4 is 5.32 Å². The minimum absolute atomic E-state index is 0.117. The summed E-state index contributed by atoms with van der Waals surface area (Å²) in [6.07, 6.45) is 1.13. The molecule has 0 aliphatic heterocycles. The minimum atomic E-state index is -1.24. The molecule has 0 aliphatic rings. The van der Waals surface area contributed by atoms with Gasteiger partial charge in [-0.2, -0.15) is 0 Å². The number of carboxylic acids is 1. The van der Waals surface area contributed by atoms with Crippen molar-refractivity contribution in [1.29, 1.82) is 0 Å². The van der Waals surface area contributed by atoms with Gasteiger partial charge in [0, 0.05) is 12.3 Å². The van der Waals surface area contributed by atoms with E-state index in [-0.39, 0.29) is 30.0 Å². The SMILES string of the molecule is O=C(CCCl)Nc1ncc(C(=O)O)o1. The first-order valence-corrected chi connectivity index (χ1v) is 4.22. The molecule has 0 unspecified atom stereocenters. The number of carboxylic acid groups (broad SMARTS) is 1. The summed E-state index contributed by atoms with van der Waals surface area (Å²) in [5.74, 6) is -1.77. The molecule has 0 aromatic carbocycles. The van der Waals surface area contributed by atoms with E-state index in [0.717, 1.165) is 6.20 Å². The molecule has 0 saturated carbocycles. The summed E-state index contributed by atoms with van der Waals surface area (Å²) >= 11 is 5.31. The van der Waals surface area contributed by atoms with Crippen molar-refractivity contribution < 1.29 is 19.1 Å². The number of halogens is 1. The lowest BCUT2D eigenvalue weighted by molar-refractivity contribution is -0.115. The molecule has 0 atom stereocenters. The number of carbonyl (C=O) groups is 2. The third kappa shape index (κ3) is 2.74. The van der Waals surface area contributed by atoms with Gasteiger partial charge in [0.1, 0.15) is 0 Å². The summed E-state index contributed by atoms with van der Waals surface area (Å²) in [5.41, 5.74) is 0. The fourth-order valence-corrected chi connectivity index (χ4v) is 0.870. The molecule has 0 spiro atoms. The van der Waals surface area contributed by atoms with E-state index in [1.807, 2.05) is 0 Å². The molecule has 14 heavy (non-hydrogen) atoms. The Hall–Kier alpha value is -1.56. The van der Waals surface area contributed by atoms with Crippen LogP contribution in [0.2, 0.25) is 0 Å². The minimum Gasteiger partial charge on any atom is -0.475 e. The third-order valence-corrected chi connectivity index (χ3v) is 1.47. The van der Waals surface area contributed by atoms with E-state index in [9.17, 15) is 9.59 Å². The number of anilines is 1. The number of aromatic carboxylic acids is 1. The molecule has 1 aromatic rings. The van der Waals surface area contributed by atoms with Gasteiger partial charge < -0.3 is 9.52 Å². The molecular weight excluding hydrogens is 212 g/mol. The first kappa shape index (κ1) is 10.5. The normalized spacial score (nSPS) is 9.79. The van der Waals surface area contributed by atoms with Crippen molar-refractivity contribution in [3.8, 4) is 0 Å². The molecule has 76 valence electrons. The van der Waals surface area contributed by atoms with Gasteiger partial charge in [0.25, 0.3) is 0 Å². The molecule has 0 radical (unpaired) electrons. The second-order valence-electron chi connectivity index (χ2n) is 2.32. The maximum Gasteiger partial charge on any atom is 0.373 e. The van der Waals surface area contributed by atoms with E-state index >= 15 is 0 Å². The fourth-order valence-electron chi connectivity index (χ4n) is 0.698. The topological polar surface area (TPSA) is 92.4 Å². The molecule has 2 N–H and O–H groups in total. The van der Waals surface area contributed by atoms with Crippen molar-refractivity contribution in [2.24, 2.45) is 0 Å². The Labute approximate surface area is 83.9 Å². The lowest BCUT2D eigenvalue weighted by Gasteiger charge is -1.96. The molecule has 0 bridgehead atoms. The van der Waals surface area contributed by atoms with Crippen LogP contribution in [0, 0.1) is 0 Å². The lowest BCUT2D eigenvalue weighted by Crippen LogP contribution is -2.11. The number of nitrogens with zero attached hydrogens (tertiary/aromatic N) is 1. The Kier molecular flexibility index (Phi) is 3.47. The summed E-state index contributed by atoms with van der Waals surface area (Å²) in [5, 5.41) is 10.7. The second-order valence-corrected chi connectivity index (χ2v) is 2.70. The van der Waals surface area contributed by atoms with Crippen LogP contribution >= 0.6 is 11.6 Å². The average molecular weight is 219 g/mol. The Balaban J connectivity index is 2.59. The van der Waals surface area contributed by atoms with Crippen molar-refractivity contribution in [1.82, 2.24) is 4.98 Å². The molecule has 7 heteroatoms. The van der Waals surface area contributed by atoms with Gasteiger partial charge in [0.15, 0.2) is 0 Å². The van der Waals surface area contributed by atoms with Crippen LogP contribution in [-0.4, -0.2) is 27.8 Å². The van der Waals surface area contributed by atoms with Crippen molar-refractivity contribution in [3.05, 3.63) is 12.0 Å². The van der Waals surface area contributed by atoms with E-state index in [0.29, 0.717) is 0 Å². The zero-order valence-corrected chi connectivity index (χ0v) is 7.74. The van der Waals surface area contributed by atoms with Gasteiger partial charge in [-0.1, -0.05) is 0 Å². The monoisotopic (exact) mass is 218 g/mol. The van der Waals surface area contributed by atoms with Crippen molar-refractivity contribution in [2.45, 2.75) is 6.42 Å². The Morgan fingerprint density at radius 2 is 2.36 bits per heavy atom. The van der Waals surface area contributed by atoms with Gasteiger partial charge in [-0.25, -0.2) is 9.78 Å². The van der Waals surface area contributed by atoms with Crippen LogP contribution in [0.1, 0.15) is 17.0 Å². The summed E-state index contributed by atoms with van der Waals surface area (Å²) in [4.78, 5) is 24.8. The third-order valence-electron chi connectivity index (χ3n) is 1.28. The van der Waals surface area contributed by atoms with E-state index < -0.39 is 5.97 Å². The maximum atomic E-state index is 10.9. The van der Waals surface area contributed by atoms with Crippen molar-refractivity contribution in [2.75, 3.05) is 11.2 Å². The second kappa shape index (κ2) is 4.61. The van der Waals surface area contributed by atoms with Crippen LogP contribution in [0.3, 0.4) is 0 Å². The first-order chi connectivity index (χ1) is 6.63. The highest BCUT2D eigenvalue weighted by molar-refractivity contribution is 6.19. The highest BCUT2D eigenvalue weighted by Crippen LogP contribution is 2.08. The van der Waals surface area contributed by atoms with Crippen LogP contribution in [0.5, 0.6) is 0 Å². The van der Waals surface area contributed by atoms with Gasteiger partial charge in [0.2, 0.25) is 11.7 Å². The number of hydrogen-bond acceptors (Lipinski definition) is 4. The quantitative estimate of drug-likeness (QED) is 0.734. The number of alkyl halides is 1. The van der Waals surface area contributed by atoms with Gasteiger partial charge in [-0.3, -0.25) is 10.1 Å². The van der Waals surface area contributed by atoms with Gasteiger partial charge in [0.05, 0.1) is 6.20 Å². The van der Waals surface area contributed by atoms with Gasteiger partial charge in [-0.15, -0.1) is 11.6 Å². The molecule has 1 amide bonds. The molecular formula is C7H7ClN2O4. The zero-order valence-electron chi connectivity index (χ0n) is 6.99. The first-order valence-electron chi connectivity index (χ1n) is 3.68. The van der Waals surface area contributed by atoms with E-state index in [1.54, 1.807) is 0 Å². The number of nitrogens with one attached hydrogen (secondary N) is 1. The summed E-state index contributed by atoms with van der Waals surface area (Å²) in [7, 11) is 0.